The van der Waals surface area contributed by atoms with Crippen LogP contribution in [0.2, 0.25) is 0 Å². The summed E-state index contributed by atoms with van der Waals surface area (Å²) in [7, 11) is 1.37. The molecule has 0 N–H and O–H groups in total. The molecule has 2 aromatic rings. The molecule has 0 amide bonds. The number of rotatable bonds is 13. The fourth-order valence-electron chi connectivity index (χ4n) is 2.88. The third kappa shape index (κ3) is 12.5. The summed E-state index contributed by atoms with van der Waals surface area (Å²) in [5.41, 5.74) is 1.50. The Morgan fingerprint density at radius 1 is 0.769 bits per heavy atom. The molecule has 0 saturated carbocycles. The summed E-state index contributed by atoms with van der Waals surface area (Å²) < 4.78 is 23.4. The predicted molar refractivity (Wildman–Crippen MR) is 131 cm³/mol. The number of methoxy groups -OCH3 is 1. The first-order chi connectivity index (χ1) is 18.9. The fourth-order valence-corrected chi connectivity index (χ4v) is 2.88. The summed E-state index contributed by atoms with van der Waals surface area (Å²) in [6.07, 6.45) is 6.21. The number of ether oxygens (including phenoxy) is 5. The van der Waals surface area contributed by atoms with Gasteiger partial charge in [-0.15, -0.1) is 10.5 Å². The lowest BCUT2D eigenvalue weighted by atomic mass is 10.1. The number of hydrogen-bond acceptors (Lipinski definition) is 13. The van der Waals surface area contributed by atoms with E-state index in [-0.39, 0.29) is 26.2 Å². The van der Waals surface area contributed by atoms with Crippen molar-refractivity contribution in [2.24, 2.45) is 9.98 Å². The molecule has 0 spiro atoms. The van der Waals surface area contributed by atoms with Crippen molar-refractivity contribution >= 4 is 24.1 Å². The zero-order valence-electron chi connectivity index (χ0n) is 21.1. The predicted octanol–water partition coefficient (Wildman–Crippen LogP) is 2.30. The van der Waals surface area contributed by atoms with Gasteiger partial charge in [0.05, 0.1) is 6.61 Å². The lowest BCUT2D eigenvalue weighted by molar-refractivity contribution is -0.155. The van der Waals surface area contributed by atoms with Crippen LogP contribution in [0.4, 0.5) is 0 Å². The third-order valence-electron chi connectivity index (χ3n) is 4.60. The molecule has 0 radical (unpaired) electrons. The maximum absolute atomic E-state index is 11.6. The molecule has 0 fully saturated rings. The number of aliphatic imine (C=N–C) groups is 2. The maximum atomic E-state index is 11.6. The molecule has 2 aromatic carbocycles. The summed E-state index contributed by atoms with van der Waals surface area (Å²) in [5.74, 6) is -0.456. The van der Waals surface area contributed by atoms with Crippen LogP contribution in [0.15, 0.2) is 58.5 Å². The summed E-state index contributed by atoms with van der Waals surface area (Å²) in [4.78, 5) is 50.6. The summed E-state index contributed by atoms with van der Waals surface area (Å²) >= 11 is 0. The van der Waals surface area contributed by atoms with Gasteiger partial charge in [-0.2, -0.15) is 9.98 Å². The van der Waals surface area contributed by atoms with Gasteiger partial charge < -0.3 is 23.7 Å². The van der Waals surface area contributed by atoms with E-state index < -0.39 is 24.0 Å². The van der Waals surface area contributed by atoms with Crippen LogP contribution in [0.5, 0.6) is 11.5 Å². The number of hydrogen-bond donors (Lipinski definition) is 0. The second kappa shape index (κ2) is 18.9. The summed E-state index contributed by atoms with van der Waals surface area (Å²) in [6, 6.07) is 11.1. The van der Waals surface area contributed by atoms with Crippen LogP contribution in [0.1, 0.15) is 18.1 Å². The number of nitrogens with zero attached hydrogens (tertiary/aromatic N) is 4. The molecule has 39 heavy (non-hydrogen) atoms. The van der Waals surface area contributed by atoms with E-state index in [0.29, 0.717) is 11.5 Å². The summed E-state index contributed by atoms with van der Waals surface area (Å²) in [6.45, 7) is 1.69. The summed E-state index contributed by atoms with van der Waals surface area (Å²) in [5, 5.41) is 16.7. The van der Waals surface area contributed by atoms with Gasteiger partial charge in [0.1, 0.15) is 11.5 Å². The van der Waals surface area contributed by atoms with Crippen LogP contribution in [0.3, 0.4) is 0 Å². The van der Waals surface area contributed by atoms with Gasteiger partial charge in [0.2, 0.25) is 12.2 Å². The number of benzene rings is 2. The van der Waals surface area contributed by atoms with E-state index in [4.69, 9.17) is 20.0 Å². The molecule has 0 aliphatic carbocycles. The van der Waals surface area contributed by atoms with Crippen molar-refractivity contribution in [1.29, 1.82) is 10.5 Å². The molecule has 2 rings (SSSR count). The average molecular weight is 536 g/mol. The van der Waals surface area contributed by atoms with Crippen LogP contribution in [0, 0.1) is 23.0 Å². The first-order valence-electron chi connectivity index (χ1n) is 11.2. The number of carbonyl (C=O) groups excluding carboxylic acids is 4. The molecule has 0 aliphatic heterocycles. The minimum absolute atomic E-state index is 0.171. The molecule has 0 saturated heterocycles. The SMILES string of the molecule is CCOC(=O)C(Cc1ccc(OC#N)cc1)N=C=O.COCOC(=O)C(Cc1ccc(OC#N)cc1)N=C=O. The van der Waals surface area contributed by atoms with Crippen molar-refractivity contribution in [1.82, 2.24) is 0 Å². The Balaban J connectivity index is 0.000000391. The van der Waals surface area contributed by atoms with E-state index >= 15 is 0 Å². The van der Waals surface area contributed by atoms with Crippen LogP contribution in [-0.4, -0.2) is 56.7 Å². The molecule has 0 bridgehead atoms. The number of carbonyl (C=O) groups is 2. The van der Waals surface area contributed by atoms with E-state index in [1.165, 1.54) is 19.3 Å². The Morgan fingerprint density at radius 3 is 1.51 bits per heavy atom. The van der Waals surface area contributed by atoms with Crippen molar-refractivity contribution in [3.05, 3.63) is 59.7 Å². The molecule has 2 unspecified atom stereocenters. The van der Waals surface area contributed by atoms with E-state index in [2.05, 4.69) is 24.2 Å². The highest BCUT2D eigenvalue weighted by Gasteiger charge is 2.20. The van der Waals surface area contributed by atoms with Crippen molar-refractivity contribution in [2.75, 3.05) is 20.5 Å². The fraction of sp³-hybridized carbons (Fsp3) is 0.308. The van der Waals surface area contributed by atoms with Gasteiger partial charge in [0.25, 0.3) is 12.5 Å². The molecular formula is C26H24N4O9. The molecule has 0 aliphatic rings. The lowest BCUT2D eigenvalue weighted by Crippen LogP contribution is -2.24. The molecule has 0 aromatic heterocycles. The average Bonchev–Trinajstić information content (AvgIpc) is 2.94. The van der Waals surface area contributed by atoms with Crippen LogP contribution in [0.25, 0.3) is 0 Å². The van der Waals surface area contributed by atoms with Gasteiger partial charge >= 0.3 is 11.9 Å². The van der Waals surface area contributed by atoms with Crippen molar-refractivity contribution in [2.45, 2.75) is 31.8 Å². The van der Waals surface area contributed by atoms with Crippen LogP contribution in [-0.2, 0) is 46.2 Å². The quantitative estimate of drug-likeness (QED) is 0.120. The van der Waals surface area contributed by atoms with E-state index in [9.17, 15) is 19.2 Å². The minimum Gasteiger partial charge on any atom is -0.464 e. The smallest absolute Gasteiger partial charge is 0.334 e. The maximum Gasteiger partial charge on any atom is 0.334 e. The molecular weight excluding hydrogens is 512 g/mol. The number of nitriles is 2. The molecule has 2 atom stereocenters. The Hall–Kier alpha value is -5.32. The highest BCUT2D eigenvalue weighted by atomic mass is 16.7. The van der Waals surface area contributed by atoms with Crippen LogP contribution >= 0.6 is 0 Å². The van der Waals surface area contributed by atoms with Crippen molar-refractivity contribution < 1.29 is 42.9 Å². The van der Waals surface area contributed by atoms with E-state index in [1.54, 1.807) is 68.0 Å². The van der Waals surface area contributed by atoms with Gasteiger partial charge in [0.15, 0.2) is 18.9 Å². The van der Waals surface area contributed by atoms with Gasteiger partial charge in [-0.3, -0.25) is 0 Å². The Morgan fingerprint density at radius 2 is 1.18 bits per heavy atom. The van der Waals surface area contributed by atoms with Gasteiger partial charge in [-0.05, 0) is 42.3 Å². The second-order valence-corrected chi connectivity index (χ2v) is 7.18. The zero-order valence-corrected chi connectivity index (χ0v) is 21.1. The largest absolute Gasteiger partial charge is 0.464 e. The highest BCUT2D eigenvalue weighted by Crippen LogP contribution is 2.15. The molecule has 13 nitrogen and oxygen atoms in total. The second-order valence-electron chi connectivity index (χ2n) is 7.18. The number of isocyanates is 2. The van der Waals surface area contributed by atoms with Crippen molar-refractivity contribution in [3.8, 4) is 24.0 Å². The zero-order chi connectivity index (χ0) is 28.9. The van der Waals surface area contributed by atoms with Gasteiger partial charge in [-0.25, -0.2) is 19.2 Å². The van der Waals surface area contributed by atoms with E-state index in [0.717, 1.165) is 11.1 Å². The first-order valence-corrected chi connectivity index (χ1v) is 11.2. The third-order valence-corrected chi connectivity index (χ3v) is 4.60. The lowest BCUT2D eigenvalue weighted by Gasteiger charge is -2.10. The Kier molecular flexibility index (Phi) is 15.4. The van der Waals surface area contributed by atoms with Gasteiger partial charge in [0, 0.05) is 20.0 Å². The highest BCUT2D eigenvalue weighted by molar-refractivity contribution is 5.77. The first kappa shape index (κ1) is 31.7. The standard InChI is InChI=1S/C13H12N2O5.C13H12N2O4/c1-18-9-20-13(17)12(15-8-16)6-10-2-4-11(5-3-10)19-7-14;1-2-18-13(17)12(15-9-16)7-10-3-5-11(6-4-10)19-8-14/h2-5,12H,6,9H2,1H3;3-6,12H,2,7H2,1H3. The van der Waals surface area contributed by atoms with Gasteiger partial charge in [-0.1, -0.05) is 24.3 Å². The Bertz CT molecular complexity index is 1240. The number of esters is 2. The van der Waals surface area contributed by atoms with Crippen LogP contribution < -0.4 is 9.47 Å². The Labute approximate surface area is 223 Å². The van der Waals surface area contributed by atoms with Crippen molar-refractivity contribution in [3.63, 3.8) is 0 Å². The van der Waals surface area contributed by atoms with E-state index in [1.807, 2.05) is 0 Å². The molecule has 0 heterocycles. The molecule has 202 valence electrons. The molecule has 13 heteroatoms. The minimum atomic E-state index is -0.981. The monoisotopic (exact) mass is 536 g/mol. The topological polar surface area (TPSA) is 187 Å². The normalized spacial score (nSPS) is 10.8.